The quantitative estimate of drug-likeness (QED) is 0.674. The predicted octanol–water partition coefficient (Wildman–Crippen LogP) is 3.70. The summed E-state index contributed by atoms with van der Waals surface area (Å²) in [5.74, 6) is -2.00. The third-order valence-corrected chi connectivity index (χ3v) is 8.33. The Hall–Kier alpha value is -2.70. The number of benzene rings is 2. The SMILES string of the molecule is Cc1cc(C)c2c(c1)[C@]1(C(=O)N2)[C@@H]2C(=O)N(c3cccc(Cl)c3C)C(=O)[C@@H]2[C@@H]2CCCN21. The van der Waals surface area contributed by atoms with E-state index < -0.39 is 17.4 Å². The summed E-state index contributed by atoms with van der Waals surface area (Å²) in [6.07, 6.45) is 1.71. The molecule has 4 aliphatic rings. The van der Waals surface area contributed by atoms with E-state index in [9.17, 15) is 14.4 Å². The summed E-state index contributed by atoms with van der Waals surface area (Å²) in [4.78, 5) is 45.0. The molecule has 2 aromatic carbocycles. The smallest absolute Gasteiger partial charge is 0.250 e. The minimum absolute atomic E-state index is 0.126. The number of carbonyl (C=O) groups is 3. The van der Waals surface area contributed by atoms with E-state index in [1.165, 1.54) is 4.90 Å². The van der Waals surface area contributed by atoms with Crippen LogP contribution in [0.25, 0.3) is 0 Å². The zero-order chi connectivity index (χ0) is 22.5. The van der Waals surface area contributed by atoms with Crippen molar-refractivity contribution in [2.24, 2.45) is 11.8 Å². The second-order valence-corrected chi connectivity index (χ2v) is 9.93. The van der Waals surface area contributed by atoms with Gasteiger partial charge in [-0.25, -0.2) is 4.90 Å². The Morgan fingerprint density at radius 1 is 1.09 bits per heavy atom. The van der Waals surface area contributed by atoms with Gasteiger partial charge in [0.05, 0.1) is 17.5 Å². The van der Waals surface area contributed by atoms with E-state index in [1.807, 2.05) is 32.9 Å². The van der Waals surface area contributed by atoms with Crippen molar-refractivity contribution in [3.8, 4) is 0 Å². The van der Waals surface area contributed by atoms with E-state index >= 15 is 0 Å². The molecule has 4 heterocycles. The van der Waals surface area contributed by atoms with Crippen LogP contribution in [0.2, 0.25) is 5.02 Å². The summed E-state index contributed by atoms with van der Waals surface area (Å²) < 4.78 is 0. The lowest BCUT2D eigenvalue weighted by atomic mass is 9.75. The highest BCUT2D eigenvalue weighted by molar-refractivity contribution is 6.32. The number of hydrogen-bond acceptors (Lipinski definition) is 4. The highest BCUT2D eigenvalue weighted by Crippen LogP contribution is 2.61. The molecule has 0 aliphatic carbocycles. The first-order valence-corrected chi connectivity index (χ1v) is 11.5. The first kappa shape index (κ1) is 19.9. The van der Waals surface area contributed by atoms with Crippen LogP contribution < -0.4 is 10.2 Å². The number of aryl methyl sites for hydroxylation is 2. The summed E-state index contributed by atoms with van der Waals surface area (Å²) in [6, 6.07) is 9.19. The van der Waals surface area contributed by atoms with Gasteiger partial charge >= 0.3 is 0 Å². The third-order valence-electron chi connectivity index (χ3n) is 7.92. The molecule has 7 heteroatoms. The molecule has 1 N–H and O–H groups in total. The highest BCUT2D eigenvalue weighted by Gasteiger charge is 2.74. The molecule has 0 aromatic heterocycles. The van der Waals surface area contributed by atoms with E-state index in [0.29, 0.717) is 22.8 Å². The van der Waals surface area contributed by atoms with Crippen LogP contribution >= 0.6 is 11.6 Å². The monoisotopic (exact) mass is 449 g/mol. The predicted molar refractivity (Wildman–Crippen MR) is 122 cm³/mol. The fourth-order valence-electron chi connectivity index (χ4n) is 6.74. The molecule has 0 radical (unpaired) electrons. The molecular formula is C25H24ClN3O3. The van der Waals surface area contributed by atoms with Crippen molar-refractivity contribution in [3.05, 3.63) is 57.6 Å². The normalized spacial score (nSPS) is 30.8. The van der Waals surface area contributed by atoms with Crippen LogP contribution in [0.1, 0.15) is 35.1 Å². The van der Waals surface area contributed by atoms with Gasteiger partial charge in [0, 0.05) is 22.3 Å². The number of halogens is 1. The zero-order valence-electron chi connectivity index (χ0n) is 18.2. The van der Waals surface area contributed by atoms with Gasteiger partial charge in [-0.3, -0.25) is 19.3 Å². The second kappa shape index (κ2) is 6.42. The lowest BCUT2D eigenvalue weighted by Gasteiger charge is -2.37. The lowest BCUT2D eigenvalue weighted by Crippen LogP contribution is -2.54. The topological polar surface area (TPSA) is 69.7 Å². The van der Waals surface area contributed by atoms with Gasteiger partial charge in [0.15, 0.2) is 0 Å². The van der Waals surface area contributed by atoms with Crippen LogP contribution in [0, 0.1) is 32.6 Å². The summed E-state index contributed by atoms with van der Waals surface area (Å²) in [7, 11) is 0. The van der Waals surface area contributed by atoms with Crippen LogP contribution in [0.4, 0.5) is 11.4 Å². The van der Waals surface area contributed by atoms with Crippen molar-refractivity contribution < 1.29 is 14.4 Å². The molecule has 2 aromatic rings. The van der Waals surface area contributed by atoms with Crippen molar-refractivity contribution in [2.75, 3.05) is 16.8 Å². The van der Waals surface area contributed by atoms with Crippen molar-refractivity contribution in [1.29, 1.82) is 0 Å². The Labute approximate surface area is 191 Å². The Bertz CT molecular complexity index is 1240. The number of hydrogen-bond donors (Lipinski definition) is 1. The molecule has 32 heavy (non-hydrogen) atoms. The van der Waals surface area contributed by atoms with E-state index in [0.717, 1.165) is 35.2 Å². The molecule has 3 amide bonds. The first-order chi connectivity index (χ1) is 15.3. The van der Waals surface area contributed by atoms with Gasteiger partial charge in [-0.15, -0.1) is 0 Å². The van der Waals surface area contributed by atoms with Gasteiger partial charge < -0.3 is 5.32 Å². The van der Waals surface area contributed by atoms with Gasteiger partial charge in [0.1, 0.15) is 5.54 Å². The van der Waals surface area contributed by atoms with E-state index in [1.54, 1.807) is 18.2 Å². The maximum absolute atomic E-state index is 14.0. The molecule has 1 spiro atoms. The maximum atomic E-state index is 14.0. The van der Waals surface area contributed by atoms with Gasteiger partial charge in [0.2, 0.25) is 17.7 Å². The van der Waals surface area contributed by atoms with E-state index in [2.05, 4.69) is 10.2 Å². The summed E-state index contributed by atoms with van der Waals surface area (Å²) in [6.45, 7) is 6.49. The standard InChI is InChI=1S/C25H24ClN3O3/c1-12-10-13(2)21-15(11-12)25(24(32)27-21)20-19(18-8-5-9-28(18)25)22(30)29(23(20)31)17-7-4-6-16(26)14(17)3/h4,6-7,10-11,18-20H,5,8-9H2,1-3H3,(H,27,32)/t18-,19+,20-,25+/m0/s1. The number of nitrogens with zero attached hydrogens (tertiary/aromatic N) is 2. The largest absolute Gasteiger partial charge is 0.324 e. The molecule has 0 bridgehead atoms. The number of fused-ring (bicyclic) bond motifs is 7. The average Bonchev–Trinajstić information content (AvgIpc) is 3.44. The van der Waals surface area contributed by atoms with Crippen molar-refractivity contribution in [3.63, 3.8) is 0 Å². The second-order valence-electron chi connectivity index (χ2n) is 9.53. The Morgan fingerprint density at radius 2 is 1.88 bits per heavy atom. The van der Waals surface area contributed by atoms with Crippen molar-refractivity contribution in [1.82, 2.24) is 4.90 Å². The molecule has 6 nitrogen and oxygen atoms in total. The van der Waals surface area contributed by atoms with Gasteiger partial charge in [-0.2, -0.15) is 0 Å². The highest BCUT2D eigenvalue weighted by atomic mass is 35.5. The maximum Gasteiger partial charge on any atom is 0.250 e. The van der Waals surface area contributed by atoms with Crippen molar-refractivity contribution >= 4 is 40.7 Å². The minimum Gasteiger partial charge on any atom is -0.324 e. The minimum atomic E-state index is -1.15. The molecule has 4 atom stereocenters. The first-order valence-electron chi connectivity index (χ1n) is 11.1. The number of imide groups is 1. The molecule has 3 saturated heterocycles. The van der Waals surface area contributed by atoms with E-state index in [4.69, 9.17) is 11.6 Å². The average molecular weight is 450 g/mol. The van der Waals surface area contributed by atoms with Crippen LogP contribution in [-0.4, -0.2) is 35.2 Å². The number of nitrogens with one attached hydrogen (secondary N) is 1. The number of amides is 3. The van der Waals surface area contributed by atoms with Crippen LogP contribution in [0.5, 0.6) is 0 Å². The number of carbonyl (C=O) groups excluding carboxylic acids is 3. The molecule has 164 valence electrons. The fourth-order valence-corrected chi connectivity index (χ4v) is 6.91. The summed E-state index contributed by atoms with van der Waals surface area (Å²) in [5.41, 5.74) is 3.69. The fraction of sp³-hybridized carbons (Fsp3) is 0.400. The van der Waals surface area contributed by atoms with Gasteiger partial charge in [0.25, 0.3) is 0 Å². The van der Waals surface area contributed by atoms with Gasteiger partial charge in [-0.05, 0) is 63.4 Å². The van der Waals surface area contributed by atoms with Crippen LogP contribution in [0.3, 0.4) is 0 Å². The zero-order valence-corrected chi connectivity index (χ0v) is 19.0. The van der Waals surface area contributed by atoms with Gasteiger partial charge in [-0.1, -0.05) is 35.4 Å². The molecular weight excluding hydrogens is 426 g/mol. The molecule has 0 unspecified atom stereocenters. The summed E-state index contributed by atoms with van der Waals surface area (Å²) in [5, 5.41) is 3.58. The number of rotatable bonds is 1. The Kier molecular flexibility index (Phi) is 4.00. The molecule has 3 fully saturated rings. The Balaban J connectivity index is 1.59. The van der Waals surface area contributed by atoms with Crippen LogP contribution in [0.15, 0.2) is 30.3 Å². The molecule has 0 saturated carbocycles. The van der Waals surface area contributed by atoms with E-state index in [-0.39, 0.29) is 23.8 Å². The Morgan fingerprint density at radius 3 is 2.66 bits per heavy atom. The third kappa shape index (κ3) is 2.17. The van der Waals surface area contributed by atoms with Crippen molar-refractivity contribution in [2.45, 2.75) is 45.2 Å². The summed E-state index contributed by atoms with van der Waals surface area (Å²) >= 11 is 6.32. The molecule has 6 rings (SSSR count). The van der Waals surface area contributed by atoms with Crippen LogP contribution in [-0.2, 0) is 19.9 Å². The molecule has 4 aliphatic heterocycles. The number of anilines is 2. The lowest BCUT2D eigenvalue weighted by molar-refractivity contribution is -0.135.